The molecule has 224 valence electrons. The first-order valence-electron chi connectivity index (χ1n) is 14.7. The van der Waals surface area contributed by atoms with E-state index in [2.05, 4.69) is 111 Å². The fourth-order valence-electron chi connectivity index (χ4n) is 3.80. The smallest absolute Gasteiger partial charge is 0.303 e. The van der Waals surface area contributed by atoms with E-state index in [-0.39, 0.29) is 16.5 Å². The van der Waals surface area contributed by atoms with Crippen molar-refractivity contribution >= 4 is 39.5 Å². The van der Waals surface area contributed by atoms with Gasteiger partial charge in [-0.05, 0) is 96.3 Å². The Labute approximate surface area is 250 Å². The third kappa shape index (κ3) is 10.1. The largest absolute Gasteiger partial charge is 0.481 e. The summed E-state index contributed by atoms with van der Waals surface area (Å²) < 4.78 is 13.3. The molecule has 0 saturated heterocycles. The van der Waals surface area contributed by atoms with Crippen molar-refractivity contribution in [1.82, 2.24) is 0 Å². The Bertz CT molecular complexity index is 1150. The van der Waals surface area contributed by atoms with Crippen LogP contribution >= 0.6 is 11.3 Å². The molecule has 2 aromatic rings. The van der Waals surface area contributed by atoms with E-state index in [1.54, 1.807) is 0 Å². The second kappa shape index (κ2) is 14.1. The molecule has 0 aliphatic heterocycles. The van der Waals surface area contributed by atoms with Crippen LogP contribution in [0.15, 0.2) is 36.4 Å². The van der Waals surface area contributed by atoms with Gasteiger partial charge >= 0.3 is 5.97 Å². The zero-order valence-electron chi connectivity index (χ0n) is 27.0. The molecule has 4 nitrogen and oxygen atoms in total. The van der Waals surface area contributed by atoms with Crippen LogP contribution < -0.4 is 0 Å². The van der Waals surface area contributed by atoms with Crippen molar-refractivity contribution in [2.75, 3.05) is 0 Å². The zero-order chi connectivity index (χ0) is 30.4. The summed E-state index contributed by atoms with van der Waals surface area (Å²) in [6.07, 6.45) is 5.72. The highest BCUT2D eigenvalue weighted by Gasteiger charge is 2.38. The first-order valence-corrected chi connectivity index (χ1v) is 21.4. The van der Waals surface area contributed by atoms with Gasteiger partial charge in [-0.1, -0.05) is 72.7 Å². The number of thiophene rings is 1. The minimum atomic E-state index is -1.88. The molecule has 1 aromatic heterocycles. The van der Waals surface area contributed by atoms with Gasteiger partial charge in [0.05, 0.1) is 13.2 Å². The number of hydrogen-bond donors (Lipinski definition) is 1. The lowest BCUT2D eigenvalue weighted by molar-refractivity contribution is -0.136. The lowest BCUT2D eigenvalue weighted by Crippen LogP contribution is -2.41. The normalized spacial score (nSPS) is 13.6. The van der Waals surface area contributed by atoms with Crippen LogP contribution in [0.25, 0.3) is 5.57 Å². The van der Waals surface area contributed by atoms with Crippen molar-refractivity contribution in [2.24, 2.45) is 0 Å². The van der Waals surface area contributed by atoms with Crippen molar-refractivity contribution in [3.05, 3.63) is 62.9 Å². The molecule has 1 N–H and O–H groups in total. The number of carbonyl (C=O) groups is 1. The minimum Gasteiger partial charge on any atom is -0.481 e. The molecule has 7 heteroatoms. The molecule has 0 aliphatic rings. The van der Waals surface area contributed by atoms with E-state index < -0.39 is 22.6 Å². The Morgan fingerprint density at radius 3 is 1.98 bits per heavy atom. The molecule has 0 atom stereocenters. The van der Waals surface area contributed by atoms with Gasteiger partial charge in [0.25, 0.3) is 0 Å². The van der Waals surface area contributed by atoms with E-state index in [1.165, 1.54) is 32.0 Å². The predicted molar refractivity (Wildman–Crippen MR) is 177 cm³/mol. The molecular formula is C33H54O4SSi2. The van der Waals surface area contributed by atoms with Gasteiger partial charge in [-0.25, -0.2) is 0 Å². The highest BCUT2D eigenvalue weighted by Crippen LogP contribution is 2.39. The summed E-state index contributed by atoms with van der Waals surface area (Å²) in [6.45, 7) is 26.4. The molecular weight excluding hydrogens is 549 g/mol. The lowest BCUT2D eigenvalue weighted by Gasteiger charge is -2.37. The molecule has 0 fully saturated rings. The fourth-order valence-corrected chi connectivity index (χ4v) is 6.82. The number of carboxylic acid groups (broad SMARTS) is 1. The number of carboxylic acids is 1. The maximum atomic E-state index is 10.9. The van der Waals surface area contributed by atoms with E-state index in [0.29, 0.717) is 19.6 Å². The van der Waals surface area contributed by atoms with Crippen molar-refractivity contribution in [3.63, 3.8) is 0 Å². The minimum absolute atomic E-state index is 0.165. The Morgan fingerprint density at radius 2 is 1.45 bits per heavy atom. The van der Waals surface area contributed by atoms with Crippen LogP contribution in [0.4, 0.5) is 0 Å². The molecule has 0 amide bonds. The van der Waals surface area contributed by atoms with Crippen LogP contribution in [-0.4, -0.2) is 27.7 Å². The van der Waals surface area contributed by atoms with Crippen molar-refractivity contribution in [1.29, 1.82) is 0 Å². The number of rotatable bonds is 14. The van der Waals surface area contributed by atoms with Gasteiger partial charge in [-0.15, -0.1) is 11.3 Å². The second-order valence-electron chi connectivity index (χ2n) is 14.0. The van der Waals surface area contributed by atoms with E-state index in [4.69, 9.17) is 14.0 Å². The first-order chi connectivity index (χ1) is 18.4. The molecule has 1 aromatic carbocycles. The summed E-state index contributed by atoms with van der Waals surface area (Å²) in [5.74, 6) is -0.745. The van der Waals surface area contributed by atoms with Gasteiger partial charge in [0.2, 0.25) is 0 Å². The number of allylic oxidation sites excluding steroid dienone is 2. The predicted octanol–water partition coefficient (Wildman–Crippen LogP) is 10.2. The fraction of sp³-hybridized carbons (Fsp3) is 0.606. The standard InChI is InChI=1S/C33H54O4SSi2/c1-12-26(14-13-15-31(34)35)30-21-20-29(38-30)19-17-25-16-18-27(23-36-39(8,9)32(2,3)4)28(22-25)24-37-40(10,11)33(5,6)7/h14,16,18,20-22H,12-13,15,17,19,23-24H2,1-11H3,(H,34,35)/b26-14+. The molecule has 0 bridgehead atoms. The van der Waals surface area contributed by atoms with Crippen LogP contribution in [0.1, 0.15) is 94.2 Å². The second-order valence-corrected chi connectivity index (χ2v) is 24.8. The summed E-state index contributed by atoms with van der Waals surface area (Å²) in [7, 11) is -3.75. The Kier molecular flexibility index (Phi) is 12.2. The summed E-state index contributed by atoms with van der Waals surface area (Å²) >= 11 is 1.83. The Morgan fingerprint density at radius 1 is 0.875 bits per heavy atom. The maximum Gasteiger partial charge on any atom is 0.303 e. The van der Waals surface area contributed by atoms with Crippen LogP contribution in [0, 0.1) is 0 Å². The monoisotopic (exact) mass is 602 g/mol. The van der Waals surface area contributed by atoms with Crippen molar-refractivity contribution in [2.45, 2.75) is 130 Å². The topological polar surface area (TPSA) is 55.8 Å². The van der Waals surface area contributed by atoms with E-state index in [0.717, 1.165) is 19.3 Å². The van der Waals surface area contributed by atoms with Gasteiger partial charge in [-0.3, -0.25) is 4.79 Å². The number of aryl methyl sites for hydroxylation is 2. The molecule has 2 rings (SSSR count). The number of aliphatic carboxylic acids is 1. The van der Waals surface area contributed by atoms with E-state index in [1.807, 2.05) is 11.3 Å². The number of benzene rings is 1. The molecule has 0 radical (unpaired) electrons. The zero-order valence-corrected chi connectivity index (χ0v) is 29.8. The van der Waals surface area contributed by atoms with Gasteiger partial charge < -0.3 is 14.0 Å². The summed E-state index contributed by atoms with van der Waals surface area (Å²) in [6, 6.07) is 11.3. The highest BCUT2D eigenvalue weighted by molar-refractivity contribution is 7.13. The summed E-state index contributed by atoms with van der Waals surface area (Å²) in [5.41, 5.74) is 5.06. The summed E-state index contributed by atoms with van der Waals surface area (Å²) in [5, 5.41) is 9.30. The molecule has 1 heterocycles. The van der Waals surface area contributed by atoms with Gasteiger partial charge in [0.15, 0.2) is 16.6 Å². The lowest BCUT2D eigenvalue weighted by atomic mass is 10.0. The first kappa shape index (κ1) is 34.7. The summed E-state index contributed by atoms with van der Waals surface area (Å²) in [4.78, 5) is 13.5. The van der Waals surface area contributed by atoms with Crippen molar-refractivity contribution < 1.29 is 18.8 Å². The molecule has 0 aliphatic carbocycles. The SMILES string of the molecule is CC/C(=C\CCC(=O)O)c1ccc(CCc2ccc(CO[Si](C)(C)C(C)(C)C)c(CO[Si](C)(C)C(C)(C)C)c2)s1. The van der Waals surface area contributed by atoms with Crippen LogP contribution in [0.3, 0.4) is 0 Å². The van der Waals surface area contributed by atoms with Gasteiger partial charge in [0, 0.05) is 16.2 Å². The van der Waals surface area contributed by atoms with Crippen molar-refractivity contribution in [3.8, 4) is 0 Å². The van der Waals surface area contributed by atoms with Crippen LogP contribution in [0.5, 0.6) is 0 Å². The van der Waals surface area contributed by atoms with Gasteiger partial charge in [0.1, 0.15) is 0 Å². The molecule has 0 saturated carbocycles. The molecule has 0 spiro atoms. The quantitative estimate of drug-likeness (QED) is 0.219. The average molecular weight is 603 g/mol. The third-order valence-corrected chi connectivity index (χ3v) is 19.0. The van der Waals surface area contributed by atoms with Crippen LogP contribution in [-0.2, 0) is 39.7 Å². The average Bonchev–Trinajstić information content (AvgIpc) is 3.30. The highest BCUT2D eigenvalue weighted by atomic mass is 32.1. The Hall–Kier alpha value is -1.52. The van der Waals surface area contributed by atoms with Gasteiger partial charge in [-0.2, -0.15) is 0 Å². The number of hydrogen-bond acceptors (Lipinski definition) is 4. The molecule has 40 heavy (non-hydrogen) atoms. The third-order valence-electron chi connectivity index (χ3n) is 8.83. The Balaban J connectivity index is 2.21. The van der Waals surface area contributed by atoms with E-state index >= 15 is 0 Å². The van der Waals surface area contributed by atoms with E-state index in [9.17, 15) is 4.79 Å². The molecule has 0 unspecified atom stereocenters. The van der Waals surface area contributed by atoms with Crippen LogP contribution in [0.2, 0.25) is 36.3 Å². The maximum absolute atomic E-state index is 10.9.